The first-order valence-corrected chi connectivity index (χ1v) is 11.0. The minimum absolute atomic E-state index is 0.143. The van der Waals surface area contributed by atoms with Gasteiger partial charge in [0.2, 0.25) is 5.95 Å². The van der Waals surface area contributed by atoms with Gasteiger partial charge in [0.25, 0.3) is 11.8 Å². The van der Waals surface area contributed by atoms with Gasteiger partial charge in [-0.25, -0.2) is 4.98 Å². The molecular weight excluding hydrogens is 454 g/mol. The van der Waals surface area contributed by atoms with Gasteiger partial charge in [-0.2, -0.15) is 4.98 Å². The predicted molar refractivity (Wildman–Crippen MR) is 135 cm³/mol. The Morgan fingerprint density at radius 2 is 2.00 bits per heavy atom. The number of para-hydroxylation sites is 2. The summed E-state index contributed by atoms with van der Waals surface area (Å²) in [5.74, 6) is 0.230. The van der Waals surface area contributed by atoms with Crippen LogP contribution in [0, 0.1) is 0 Å². The molecule has 0 fully saturated rings. The van der Waals surface area contributed by atoms with Gasteiger partial charge in [0, 0.05) is 26.7 Å². The Labute approximate surface area is 202 Å². The predicted octanol–water partition coefficient (Wildman–Crippen LogP) is 3.71. The zero-order chi connectivity index (χ0) is 24.1. The van der Waals surface area contributed by atoms with Gasteiger partial charge in [-0.1, -0.05) is 35.9 Å². The fraction of sp³-hybridized carbons (Fsp3) is 0.167. The second kappa shape index (κ2) is 10.2. The maximum absolute atomic E-state index is 12.6. The number of rotatable bonds is 7. The van der Waals surface area contributed by atoms with E-state index in [1.807, 2.05) is 12.1 Å². The fourth-order valence-corrected chi connectivity index (χ4v) is 3.84. The van der Waals surface area contributed by atoms with Gasteiger partial charge in [-0.3, -0.25) is 9.59 Å². The smallest absolute Gasteiger partial charge is 0.253 e. The number of nitrogens with zero attached hydrogens (tertiary/aromatic N) is 3. The van der Waals surface area contributed by atoms with Crippen molar-refractivity contribution in [1.82, 2.24) is 20.6 Å². The van der Waals surface area contributed by atoms with Crippen LogP contribution < -0.4 is 26.2 Å². The molecule has 9 nitrogen and oxygen atoms in total. The molecule has 0 atom stereocenters. The van der Waals surface area contributed by atoms with Crippen molar-refractivity contribution in [3.05, 3.63) is 77.5 Å². The lowest BCUT2D eigenvalue weighted by atomic mass is 10.1. The summed E-state index contributed by atoms with van der Waals surface area (Å²) < 4.78 is 0. The minimum atomic E-state index is -0.237. The van der Waals surface area contributed by atoms with Gasteiger partial charge < -0.3 is 26.2 Å². The highest BCUT2D eigenvalue weighted by atomic mass is 35.5. The molecule has 1 aliphatic rings. The molecule has 0 saturated carbocycles. The van der Waals surface area contributed by atoms with Crippen molar-refractivity contribution in [1.29, 1.82) is 0 Å². The van der Waals surface area contributed by atoms with Crippen molar-refractivity contribution < 1.29 is 9.59 Å². The summed E-state index contributed by atoms with van der Waals surface area (Å²) in [5, 5.41) is 12.1. The molecular formula is C24H24ClN7O2. The van der Waals surface area contributed by atoms with Crippen molar-refractivity contribution in [2.24, 2.45) is 0 Å². The summed E-state index contributed by atoms with van der Waals surface area (Å²) >= 11 is 6.35. The molecule has 2 aromatic carbocycles. The number of hydrogen-bond donors (Lipinski definition) is 4. The first-order chi connectivity index (χ1) is 16.5. The summed E-state index contributed by atoms with van der Waals surface area (Å²) in [6.45, 7) is 5.57. The van der Waals surface area contributed by atoms with Crippen LogP contribution in [0.4, 0.5) is 28.8 Å². The van der Waals surface area contributed by atoms with E-state index in [9.17, 15) is 9.59 Å². The first kappa shape index (κ1) is 23.1. The van der Waals surface area contributed by atoms with Crippen molar-refractivity contribution in [3.8, 4) is 0 Å². The number of hydrogen-bond acceptors (Lipinski definition) is 7. The highest BCUT2D eigenvalue weighted by molar-refractivity contribution is 6.33. The van der Waals surface area contributed by atoms with E-state index >= 15 is 0 Å². The van der Waals surface area contributed by atoms with Crippen LogP contribution in [0.3, 0.4) is 0 Å². The van der Waals surface area contributed by atoms with E-state index in [1.165, 1.54) is 6.20 Å². The zero-order valence-electron chi connectivity index (χ0n) is 18.6. The van der Waals surface area contributed by atoms with Crippen molar-refractivity contribution in [2.75, 3.05) is 42.2 Å². The molecule has 34 heavy (non-hydrogen) atoms. The minimum Gasteiger partial charge on any atom is -0.364 e. The summed E-state index contributed by atoms with van der Waals surface area (Å²) in [6.07, 6.45) is 3.26. The van der Waals surface area contributed by atoms with Crippen LogP contribution in [0.2, 0.25) is 5.02 Å². The third-order valence-corrected chi connectivity index (χ3v) is 5.53. The molecule has 0 spiro atoms. The lowest BCUT2D eigenvalue weighted by Crippen LogP contribution is -2.30. The molecule has 1 aliphatic heterocycles. The summed E-state index contributed by atoms with van der Waals surface area (Å²) in [4.78, 5) is 35.7. The van der Waals surface area contributed by atoms with Crippen LogP contribution in [0.5, 0.6) is 0 Å². The van der Waals surface area contributed by atoms with E-state index in [0.717, 1.165) is 5.69 Å². The number of benzene rings is 2. The Hall–Kier alpha value is -4.11. The maximum Gasteiger partial charge on any atom is 0.253 e. The van der Waals surface area contributed by atoms with E-state index in [0.29, 0.717) is 48.0 Å². The third kappa shape index (κ3) is 4.79. The number of halogens is 1. The molecule has 0 bridgehead atoms. The monoisotopic (exact) mass is 477 g/mol. The van der Waals surface area contributed by atoms with E-state index in [-0.39, 0.29) is 22.8 Å². The molecule has 2 heterocycles. The zero-order valence-corrected chi connectivity index (χ0v) is 19.3. The molecule has 2 amide bonds. The van der Waals surface area contributed by atoms with Gasteiger partial charge in [-0.05, 0) is 24.3 Å². The standard InChI is InChI=1S/C24H24ClN7O2/c1-3-12-32-13-11-27-23(34)16-8-6-10-19(20(16)32)30-24-28-14-17(25)21(31-24)29-18-9-5-4-7-15(18)22(33)26-2/h3-10,14H,1,11-13H2,2H3,(H,26,33)(H,27,34)(H2,28,29,30,31). The van der Waals surface area contributed by atoms with Crippen LogP contribution >= 0.6 is 11.6 Å². The Morgan fingerprint density at radius 3 is 2.79 bits per heavy atom. The normalized spacial score (nSPS) is 12.8. The number of fused-ring (bicyclic) bond motifs is 1. The third-order valence-electron chi connectivity index (χ3n) is 5.26. The summed E-state index contributed by atoms with van der Waals surface area (Å²) in [5.41, 5.74) is 2.98. The lowest BCUT2D eigenvalue weighted by Gasteiger charge is -2.25. The molecule has 0 radical (unpaired) electrons. The number of aromatic nitrogens is 2. The fourth-order valence-electron chi connectivity index (χ4n) is 3.71. The Morgan fingerprint density at radius 1 is 1.21 bits per heavy atom. The lowest BCUT2D eigenvalue weighted by molar-refractivity contribution is 0.0952. The highest BCUT2D eigenvalue weighted by Crippen LogP contribution is 2.34. The van der Waals surface area contributed by atoms with Gasteiger partial charge in [-0.15, -0.1) is 6.58 Å². The number of nitrogens with one attached hydrogen (secondary N) is 4. The van der Waals surface area contributed by atoms with Crippen molar-refractivity contribution >= 4 is 52.2 Å². The Bertz CT molecular complexity index is 1250. The highest BCUT2D eigenvalue weighted by Gasteiger charge is 2.23. The van der Waals surface area contributed by atoms with Gasteiger partial charge in [0.15, 0.2) is 5.82 Å². The van der Waals surface area contributed by atoms with Crippen LogP contribution in [0.15, 0.2) is 61.3 Å². The largest absolute Gasteiger partial charge is 0.364 e. The number of amides is 2. The molecule has 0 saturated heterocycles. The van der Waals surface area contributed by atoms with E-state index in [1.54, 1.807) is 43.5 Å². The van der Waals surface area contributed by atoms with Crippen molar-refractivity contribution in [2.45, 2.75) is 0 Å². The molecule has 0 unspecified atom stereocenters. The second-order valence-corrected chi connectivity index (χ2v) is 7.86. The van der Waals surface area contributed by atoms with E-state index in [2.05, 4.69) is 42.7 Å². The Balaban J connectivity index is 1.68. The molecule has 4 rings (SSSR count). The topological polar surface area (TPSA) is 111 Å². The molecule has 3 aromatic rings. The van der Waals surface area contributed by atoms with Gasteiger partial charge in [0.05, 0.1) is 34.4 Å². The first-order valence-electron chi connectivity index (χ1n) is 10.7. The van der Waals surface area contributed by atoms with Crippen molar-refractivity contribution in [3.63, 3.8) is 0 Å². The van der Waals surface area contributed by atoms with Crippen LogP contribution in [0.25, 0.3) is 0 Å². The van der Waals surface area contributed by atoms with E-state index < -0.39 is 0 Å². The number of anilines is 5. The maximum atomic E-state index is 12.6. The average molecular weight is 478 g/mol. The summed E-state index contributed by atoms with van der Waals surface area (Å²) in [7, 11) is 1.57. The SMILES string of the molecule is C=CCN1CCNC(=O)c2cccc(Nc3ncc(Cl)c(Nc4ccccc4C(=O)NC)n3)c21. The summed E-state index contributed by atoms with van der Waals surface area (Å²) in [6, 6.07) is 12.5. The molecule has 0 aliphatic carbocycles. The van der Waals surface area contributed by atoms with Gasteiger partial charge >= 0.3 is 0 Å². The van der Waals surface area contributed by atoms with Crippen LogP contribution in [0.1, 0.15) is 20.7 Å². The number of carbonyl (C=O) groups is 2. The average Bonchev–Trinajstić information content (AvgIpc) is 3.00. The van der Waals surface area contributed by atoms with Gasteiger partial charge in [0.1, 0.15) is 5.02 Å². The second-order valence-electron chi connectivity index (χ2n) is 7.46. The molecule has 174 valence electrons. The molecule has 1 aromatic heterocycles. The number of carbonyl (C=O) groups excluding carboxylic acids is 2. The Kier molecular flexibility index (Phi) is 6.93. The molecule has 4 N–H and O–H groups in total. The van der Waals surface area contributed by atoms with Crippen LogP contribution in [-0.2, 0) is 0 Å². The quantitative estimate of drug-likeness (QED) is 0.384. The molecule has 10 heteroatoms. The van der Waals surface area contributed by atoms with E-state index in [4.69, 9.17) is 11.6 Å². The van der Waals surface area contributed by atoms with Crippen LogP contribution in [-0.4, -0.2) is 48.5 Å².